The first-order valence-corrected chi connectivity index (χ1v) is 8.93. The zero-order valence-corrected chi connectivity index (χ0v) is 15.8. The highest BCUT2D eigenvalue weighted by atomic mass is 35.5. The fourth-order valence-corrected chi connectivity index (χ4v) is 3.54. The molecule has 1 aromatic carbocycles. The second-order valence-electron chi connectivity index (χ2n) is 6.51. The number of hydrogen-bond acceptors (Lipinski definition) is 5. The molecule has 140 valence electrons. The van der Waals surface area contributed by atoms with Gasteiger partial charge in [-0.25, -0.2) is 4.39 Å². The molecular formula is C18H23ClFN5O. The lowest BCUT2D eigenvalue weighted by atomic mass is 9.97. The quantitative estimate of drug-likeness (QED) is 0.691. The van der Waals surface area contributed by atoms with Gasteiger partial charge in [-0.2, -0.15) is 14.8 Å². The van der Waals surface area contributed by atoms with Gasteiger partial charge in [0.05, 0.1) is 11.2 Å². The minimum atomic E-state index is -0.299. The van der Waals surface area contributed by atoms with Crippen LogP contribution >= 0.6 is 12.4 Å². The van der Waals surface area contributed by atoms with Crippen LogP contribution in [0, 0.1) is 5.82 Å². The zero-order valence-electron chi connectivity index (χ0n) is 15.0. The van der Waals surface area contributed by atoms with Gasteiger partial charge in [0, 0.05) is 17.4 Å². The van der Waals surface area contributed by atoms with Crippen LogP contribution in [0.3, 0.4) is 0 Å². The molecule has 0 spiro atoms. The summed E-state index contributed by atoms with van der Waals surface area (Å²) in [5.74, 6) is 1.02. The maximum Gasteiger partial charge on any atom is 0.291 e. The Morgan fingerprint density at radius 2 is 2.00 bits per heavy atom. The third-order valence-electron chi connectivity index (χ3n) is 5.06. The monoisotopic (exact) mass is 379 g/mol. The molecule has 1 fully saturated rings. The molecule has 1 aliphatic heterocycles. The van der Waals surface area contributed by atoms with Crippen molar-refractivity contribution in [2.75, 3.05) is 19.6 Å². The molecule has 2 aromatic heterocycles. The summed E-state index contributed by atoms with van der Waals surface area (Å²) < 4.78 is 20.8. The molecule has 0 N–H and O–H groups in total. The molecule has 1 saturated heterocycles. The normalized spacial score (nSPS) is 16.1. The number of aryl methyl sites for hydroxylation is 1. The lowest BCUT2D eigenvalue weighted by molar-refractivity contribution is 0.202. The van der Waals surface area contributed by atoms with Crippen molar-refractivity contribution in [2.24, 2.45) is 0 Å². The number of hydrogen-bond donors (Lipinski definition) is 0. The molecule has 26 heavy (non-hydrogen) atoms. The molecule has 4 rings (SSSR count). The van der Waals surface area contributed by atoms with Crippen LogP contribution in [0.25, 0.3) is 16.9 Å². The van der Waals surface area contributed by atoms with E-state index >= 15 is 0 Å². The molecule has 0 radical (unpaired) electrons. The second kappa shape index (κ2) is 7.72. The average Bonchev–Trinajstić information content (AvgIpc) is 3.26. The van der Waals surface area contributed by atoms with E-state index in [-0.39, 0.29) is 24.1 Å². The SMILES string of the molecule is CCc1nn(-c2noc(C3CCN(CC)CC3)n2)c2cc(F)ccc12.Cl. The summed E-state index contributed by atoms with van der Waals surface area (Å²) in [7, 11) is 0. The van der Waals surface area contributed by atoms with Crippen LogP contribution in [0.1, 0.15) is 44.2 Å². The lowest BCUT2D eigenvalue weighted by Gasteiger charge is -2.28. The lowest BCUT2D eigenvalue weighted by Crippen LogP contribution is -2.32. The second-order valence-corrected chi connectivity index (χ2v) is 6.51. The van der Waals surface area contributed by atoms with Crippen LogP contribution in [0.5, 0.6) is 0 Å². The van der Waals surface area contributed by atoms with E-state index in [9.17, 15) is 4.39 Å². The molecule has 3 heterocycles. The molecule has 0 bridgehead atoms. The third-order valence-corrected chi connectivity index (χ3v) is 5.06. The number of rotatable bonds is 4. The van der Waals surface area contributed by atoms with Crippen LogP contribution < -0.4 is 0 Å². The minimum Gasteiger partial charge on any atom is -0.337 e. The predicted molar refractivity (Wildman–Crippen MR) is 99.6 cm³/mol. The Hall–Kier alpha value is -1.99. The first-order chi connectivity index (χ1) is 12.2. The number of fused-ring (bicyclic) bond motifs is 1. The van der Waals surface area contributed by atoms with Crippen molar-refractivity contribution in [2.45, 2.75) is 39.0 Å². The standard InChI is InChI=1S/C18H22FN5O.ClH/c1-3-15-14-6-5-13(19)11-16(14)24(21-15)18-20-17(25-22-18)12-7-9-23(4-2)10-8-12;/h5-6,11-12H,3-4,7-10H2,1-2H3;1H. The maximum absolute atomic E-state index is 13.7. The molecular weight excluding hydrogens is 357 g/mol. The summed E-state index contributed by atoms with van der Waals surface area (Å²) in [5, 5.41) is 9.59. The van der Waals surface area contributed by atoms with E-state index in [2.05, 4.69) is 27.1 Å². The van der Waals surface area contributed by atoms with Crippen molar-refractivity contribution in [1.82, 2.24) is 24.8 Å². The number of halogens is 2. The van der Waals surface area contributed by atoms with E-state index in [1.807, 2.05) is 6.92 Å². The summed E-state index contributed by atoms with van der Waals surface area (Å²) in [6.45, 7) is 7.38. The van der Waals surface area contributed by atoms with Crippen molar-refractivity contribution in [3.63, 3.8) is 0 Å². The minimum absolute atomic E-state index is 0. The Morgan fingerprint density at radius 1 is 1.23 bits per heavy atom. The van der Waals surface area contributed by atoms with Crippen molar-refractivity contribution >= 4 is 23.3 Å². The van der Waals surface area contributed by atoms with Gasteiger partial charge in [0.1, 0.15) is 5.82 Å². The maximum atomic E-state index is 13.7. The Morgan fingerprint density at radius 3 is 2.69 bits per heavy atom. The highest BCUT2D eigenvalue weighted by Gasteiger charge is 2.25. The van der Waals surface area contributed by atoms with Crippen molar-refractivity contribution in [1.29, 1.82) is 0 Å². The number of benzene rings is 1. The van der Waals surface area contributed by atoms with Gasteiger partial charge in [-0.1, -0.05) is 13.8 Å². The Labute approximate surface area is 157 Å². The highest BCUT2D eigenvalue weighted by molar-refractivity contribution is 5.85. The molecule has 0 unspecified atom stereocenters. The van der Waals surface area contributed by atoms with E-state index in [0.29, 0.717) is 17.4 Å². The molecule has 3 aromatic rings. The van der Waals surface area contributed by atoms with Crippen molar-refractivity contribution < 1.29 is 8.91 Å². The summed E-state index contributed by atoms with van der Waals surface area (Å²) >= 11 is 0. The Balaban J connectivity index is 0.00000196. The van der Waals surface area contributed by atoms with Crippen LogP contribution in [-0.2, 0) is 6.42 Å². The highest BCUT2D eigenvalue weighted by Crippen LogP contribution is 2.28. The van der Waals surface area contributed by atoms with Gasteiger partial charge in [-0.05, 0) is 56.2 Å². The summed E-state index contributed by atoms with van der Waals surface area (Å²) in [4.78, 5) is 6.99. The molecule has 1 aliphatic rings. The molecule has 0 amide bonds. The number of aromatic nitrogens is 4. The Bertz CT molecular complexity index is 885. The van der Waals surface area contributed by atoms with Gasteiger partial charge in [0.25, 0.3) is 5.95 Å². The van der Waals surface area contributed by atoms with E-state index in [1.54, 1.807) is 10.7 Å². The summed E-state index contributed by atoms with van der Waals surface area (Å²) in [5.41, 5.74) is 1.57. The molecule has 6 nitrogen and oxygen atoms in total. The van der Waals surface area contributed by atoms with Gasteiger partial charge in [0.15, 0.2) is 0 Å². The van der Waals surface area contributed by atoms with Crippen LogP contribution in [0.2, 0.25) is 0 Å². The fraction of sp³-hybridized carbons (Fsp3) is 0.500. The number of nitrogens with zero attached hydrogens (tertiary/aromatic N) is 5. The van der Waals surface area contributed by atoms with Gasteiger partial charge < -0.3 is 9.42 Å². The largest absolute Gasteiger partial charge is 0.337 e. The van der Waals surface area contributed by atoms with Crippen LogP contribution in [0.4, 0.5) is 4.39 Å². The van der Waals surface area contributed by atoms with Gasteiger partial charge in [-0.15, -0.1) is 12.4 Å². The Kier molecular flexibility index (Phi) is 5.58. The topological polar surface area (TPSA) is 60.0 Å². The van der Waals surface area contributed by atoms with Crippen LogP contribution in [-0.4, -0.2) is 44.5 Å². The smallest absolute Gasteiger partial charge is 0.291 e. The number of likely N-dealkylation sites (tertiary alicyclic amines) is 1. The van der Waals surface area contributed by atoms with Gasteiger partial charge in [-0.3, -0.25) is 0 Å². The van der Waals surface area contributed by atoms with Crippen LogP contribution in [0.15, 0.2) is 22.7 Å². The zero-order chi connectivity index (χ0) is 17.4. The fourth-order valence-electron chi connectivity index (χ4n) is 3.54. The predicted octanol–water partition coefficient (Wildman–Crippen LogP) is 3.73. The van der Waals surface area contributed by atoms with Crippen molar-refractivity contribution in [3.05, 3.63) is 35.6 Å². The third kappa shape index (κ3) is 3.33. The average molecular weight is 380 g/mol. The number of piperidine rings is 1. The molecule has 0 atom stereocenters. The summed E-state index contributed by atoms with van der Waals surface area (Å²) in [6, 6.07) is 4.68. The first kappa shape index (κ1) is 18.8. The van der Waals surface area contributed by atoms with Crippen molar-refractivity contribution in [3.8, 4) is 5.95 Å². The van der Waals surface area contributed by atoms with E-state index in [1.165, 1.54) is 12.1 Å². The first-order valence-electron chi connectivity index (χ1n) is 8.93. The van der Waals surface area contributed by atoms with Gasteiger partial charge in [0.2, 0.25) is 5.89 Å². The molecule has 0 saturated carbocycles. The molecule has 0 aliphatic carbocycles. The van der Waals surface area contributed by atoms with E-state index < -0.39 is 0 Å². The molecule has 8 heteroatoms. The van der Waals surface area contributed by atoms with Gasteiger partial charge >= 0.3 is 0 Å². The van der Waals surface area contributed by atoms with E-state index in [4.69, 9.17) is 4.52 Å². The van der Waals surface area contributed by atoms with E-state index in [0.717, 1.165) is 50.0 Å². The summed E-state index contributed by atoms with van der Waals surface area (Å²) in [6.07, 6.45) is 2.80.